The van der Waals surface area contributed by atoms with Crippen LogP contribution in [0.5, 0.6) is 0 Å². The zero-order valence-corrected chi connectivity index (χ0v) is 21.3. The highest BCUT2D eigenvalue weighted by Crippen LogP contribution is 2.07. The molecule has 0 saturated heterocycles. The molecule has 0 unspecified atom stereocenters. The lowest BCUT2D eigenvalue weighted by molar-refractivity contribution is -0.149. The third kappa shape index (κ3) is 12.5. The van der Waals surface area contributed by atoms with E-state index in [9.17, 15) is 60.0 Å². The number of nitrogens with one attached hydrogen (secondary N) is 3. The van der Waals surface area contributed by atoms with E-state index in [1.165, 1.54) is 7.05 Å². The zero-order valence-electron chi connectivity index (χ0n) is 21.3. The van der Waals surface area contributed by atoms with Crippen LogP contribution in [0.4, 0.5) is 0 Å². The second kappa shape index (κ2) is 18.7. The highest BCUT2D eigenvalue weighted by molar-refractivity contribution is 5.84. The highest BCUT2D eigenvalue weighted by Gasteiger charge is 2.35. The van der Waals surface area contributed by atoms with Gasteiger partial charge in [0.05, 0.1) is 13.2 Å². The zero-order chi connectivity index (χ0) is 30.3. The molecule has 18 nitrogen and oxygen atoms in total. The van der Waals surface area contributed by atoms with Gasteiger partial charge in [-0.3, -0.25) is 19.2 Å². The maximum Gasteiger partial charge on any atom is 0.251 e. The third-order valence-corrected chi connectivity index (χ3v) is 5.61. The van der Waals surface area contributed by atoms with Gasteiger partial charge >= 0.3 is 0 Å². The molecule has 0 fully saturated rings. The fourth-order valence-electron chi connectivity index (χ4n) is 3.06. The highest BCUT2D eigenvalue weighted by atomic mass is 16.4. The van der Waals surface area contributed by atoms with Crippen molar-refractivity contribution >= 4 is 23.6 Å². The van der Waals surface area contributed by atoms with Crippen LogP contribution in [0.3, 0.4) is 0 Å². The van der Waals surface area contributed by atoms with Gasteiger partial charge in [0, 0.05) is 46.1 Å². The van der Waals surface area contributed by atoms with Crippen molar-refractivity contribution in [3.63, 3.8) is 0 Å². The summed E-state index contributed by atoms with van der Waals surface area (Å²) in [7, 11) is 1.36. The van der Waals surface area contributed by atoms with Crippen LogP contribution in [-0.4, -0.2) is 175 Å². The molecule has 0 aliphatic carbocycles. The molecule has 39 heavy (non-hydrogen) atoms. The molecule has 228 valence electrons. The summed E-state index contributed by atoms with van der Waals surface area (Å²) in [4.78, 5) is 49.3. The van der Waals surface area contributed by atoms with E-state index < -0.39 is 85.7 Å². The van der Waals surface area contributed by atoms with Gasteiger partial charge in [0.25, 0.3) is 11.8 Å². The number of aliphatic hydroxyl groups excluding tert-OH is 10. The largest absolute Gasteiger partial charge is 0.394 e. The average Bonchev–Trinajstić information content (AvgIpc) is 2.94. The second-order valence-electron chi connectivity index (χ2n) is 8.49. The van der Waals surface area contributed by atoms with E-state index in [-0.39, 0.29) is 39.0 Å². The lowest BCUT2D eigenvalue weighted by atomic mass is 10.0. The molecular weight excluding hydrogens is 532 g/mol. The van der Waals surface area contributed by atoms with E-state index in [0.717, 1.165) is 4.90 Å². The molecule has 0 aromatic rings. The molecule has 0 rings (SSSR count). The van der Waals surface area contributed by atoms with Crippen molar-refractivity contribution in [2.75, 3.05) is 46.4 Å². The molecule has 4 amide bonds. The van der Waals surface area contributed by atoms with Crippen LogP contribution in [0.15, 0.2) is 0 Å². The fourth-order valence-corrected chi connectivity index (χ4v) is 3.06. The van der Waals surface area contributed by atoms with Crippen LogP contribution in [0.2, 0.25) is 0 Å². The van der Waals surface area contributed by atoms with E-state index in [1.54, 1.807) is 0 Å². The summed E-state index contributed by atoms with van der Waals surface area (Å²) in [6.07, 6.45) is -16.9. The van der Waals surface area contributed by atoms with Gasteiger partial charge in [-0.05, 0) is 0 Å². The second-order valence-corrected chi connectivity index (χ2v) is 8.49. The van der Waals surface area contributed by atoms with Gasteiger partial charge < -0.3 is 71.9 Å². The number of carbonyl (C=O) groups is 4. The third-order valence-electron chi connectivity index (χ3n) is 5.61. The van der Waals surface area contributed by atoms with Gasteiger partial charge in [-0.1, -0.05) is 0 Å². The van der Waals surface area contributed by atoms with Gasteiger partial charge in [-0.2, -0.15) is 0 Å². The number of rotatable bonds is 19. The van der Waals surface area contributed by atoms with Gasteiger partial charge in [0.15, 0.2) is 12.2 Å². The summed E-state index contributed by atoms with van der Waals surface area (Å²) >= 11 is 0. The first-order valence-corrected chi connectivity index (χ1v) is 11.9. The molecular formula is C21H40N4O14. The van der Waals surface area contributed by atoms with E-state index in [1.807, 2.05) is 0 Å². The van der Waals surface area contributed by atoms with Gasteiger partial charge in [-0.15, -0.1) is 0 Å². The molecule has 13 N–H and O–H groups in total. The van der Waals surface area contributed by atoms with Crippen LogP contribution < -0.4 is 16.0 Å². The smallest absolute Gasteiger partial charge is 0.251 e. The van der Waals surface area contributed by atoms with Gasteiger partial charge in [0.2, 0.25) is 11.8 Å². The number of carbonyl (C=O) groups excluding carboxylic acids is 4. The van der Waals surface area contributed by atoms with Crippen LogP contribution in [0, 0.1) is 0 Å². The van der Waals surface area contributed by atoms with E-state index >= 15 is 0 Å². The topological polar surface area (TPSA) is 310 Å². The minimum atomic E-state index is -2.20. The van der Waals surface area contributed by atoms with Crippen molar-refractivity contribution < 1.29 is 70.2 Å². The van der Waals surface area contributed by atoms with Crippen molar-refractivity contribution in [2.45, 2.75) is 61.7 Å². The standard InChI is InChI=1S/C21H40N4O14/c1-22-12(30)2-3-13(31)25(6-4-23-20(38)18(36)16(34)14(32)10(28)8-26)7-5-24-21(39)19(37)17(35)15(33)11(29)9-27/h10-11,14-19,26-29,32-37H,2-9H2,1H3,(H,22,30)(H,23,38)(H,24,39)/t10-,11+,14+,15-,16-,17-,18+,19-/m0/s1. The first-order valence-electron chi connectivity index (χ1n) is 11.9. The van der Waals surface area contributed by atoms with Crippen molar-refractivity contribution in [3.8, 4) is 0 Å². The Labute approximate surface area is 223 Å². The predicted molar refractivity (Wildman–Crippen MR) is 128 cm³/mol. The summed E-state index contributed by atoms with van der Waals surface area (Å²) in [5.74, 6) is -3.39. The van der Waals surface area contributed by atoms with Crippen LogP contribution in [0.1, 0.15) is 12.8 Å². The Morgan fingerprint density at radius 1 is 0.641 bits per heavy atom. The summed E-state index contributed by atoms with van der Waals surface area (Å²) < 4.78 is 0. The van der Waals surface area contributed by atoms with Crippen molar-refractivity contribution in [2.24, 2.45) is 0 Å². The SMILES string of the molecule is CNC(=O)CCC(=O)N(CCNC(=O)[C@@H](O)[C@@H](O)[C@@H](O)[C@H](O)CO)CCNC(=O)[C@H](O)[C@@H](O)[C@H](O)[C@@H](O)CO. The fraction of sp³-hybridized carbons (Fsp3) is 0.810. The quantitative estimate of drug-likeness (QED) is 0.0684. The molecule has 0 aliphatic rings. The van der Waals surface area contributed by atoms with Crippen LogP contribution >= 0.6 is 0 Å². The Kier molecular flexibility index (Phi) is 17.5. The number of nitrogens with zero attached hydrogens (tertiary/aromatic N) is 1. The lowest BCUT2D eigenvalue weighted by Gasteiger charge is -2.27. The molecule has 18 heteroatoms. The lowest BCUT2D eigenvalue weighted by Crippen LogP contribution is -2.53. The van der Waals surface area contributed by atoms with Gasteiger partial charge in [-0.25, -0.2) is 0 Å². The minimum Gasteiger partial charge on any atom is -0.394 e. The molecule has 0 aromatic heterocycles. The van der Waals surface area contributed by atoms with Crippen LogP contribution in [-0.2, 0) is 19.2 Å². The first kappa shape index (κ1) is 36.5. The summed E-state index contributed by atoms with van der Waals surface area (Å²) in [6, 6.07) is 0. The van der Waals surface area contributed by atoms with Crippen molar-refractivity contribution in [3.05, 3.63) is 0 Å². The average molecular weight is 573 g/mol. The maximum absolute atomic E-state index is 12.6. The Balaban J connectivity index is 5.07. The predicted octanol–water partition coefficient (Wildman–Crippen LogP) is -8.55. The Bertz CT molecular complexity index is 729. The normalized spacial score (nSPS) is 17.5. The summed E-state index contributed by atoms with van der Waals surface area (Å²) in [5, 5.41) is 101. The molecule has 0 saturated carbocycles. The van der Waals surface area contributed by atoms with E-state index in [0.29, 0.717) is 0 Å². The molecule has 0 aliphatic heterocycles. The van der Waals surface area contributed by atoms with Crippen molar-refractivity contribution in [1.82, 2.24) is 20.9 Å². The number of amides is 4. The maximum atomic E-state index is 12.6. The monoisotopic (exact) mass is 572 g/mol. The molecule has 8 atom stereocenters. The molecule has 0 bridgehead atoms. The van der Waals surface area contributed by atoms with E-state index in [2.05, 4.69) is 16.0 Å². The van der Waals surface area contributed by atoms with Crippen LogP contribution in [0.25, 0.3) is 0 Å². The Hall–Kier alpha value is -2.52. The molecule has 0 spiro atoms. The van der Waals surface area contributed by atoms with Crippen molar-refractivity contribution in [1.29, 1.82) is 0 Å². The Morgan fingerprint density at radius 3 is 1.36 bits per heavy atom. The minimum absolute atomic E-state index is 0.184. The van der Waals surface area contributed by atoms with E-state index in [4.69, 9.17) is 10.2 Å². The molecule has 0 aromatic carbocycles. The number of aliphatic hydroxyl groups is 10. The summed E-state index contributed by atoms with van der Waals surface area (Å²) in [5.41, 5.74) is 0. The first-order chi connectivity index (χ1) is 18.2. The Morgan fingerprint density at radius 2 is 1.03 bits per heavy atom. The summed E-state index contributed by atoms with van der Waals surface area (Å²) in [6.45, 7) is -2.98. The number of hydrogen-bond donors (Lipinski definition) is 13. The molecule has 0 heterocycles. The molecule has 0 radical (unpaired) electrons. The van der Waals surface area contributed by atoms with Gasteiger partial charge in [0.1, 0.15) is 36.6 Å². The number of hydrogen-bond acceptors (Lipinski definition) is 14.